The van der Waals surface area contributed by atoms with E-state index in [4.69, 9.17) is 0 Å². The summed E-state index contributed by atoms with van der Waals surface area (Å²) in [5.74, 6) is -0.736. The molecule has 10 heteroatoms. The minimum Gasteiger partial charge on any atom is -0.406 e. The van der Waals surface area contributed by atoms with Crippen molar-refractivity contribution in [3.8, 4) is 5.75 Å². The number of nitrogens with zero attached hydrogens (tertiary/aromatic N) is 1. The van der Waals surface area contributed by atoms with E-state index in [0.29, 0.717) is 10.6 Å². The van der Waals surface area contributed by atoms with Crippen LogP contribution in [0.5, 0.6) is 5.75 Å². The lowest BCUT2D eigenvalue weighted by atomic mass is 10.1. The van der Waals surface area contributed by atoms with Crippen LogP contribution in [0.15, 0.2) is 48.5 Å². The Hall–Kier alpha value is -2.30. The Bertz CT molecular complexity index is 1200. The molecular formula is C22H24F3NO4S2. The normalized spacial score (nSPS) is 12.8. The highest BCUT2D eigenvalue weighted by atomic mass is 32.2. The Balaban J connectivity index is 2.03. The van der Waals surface area contributed by atoms with Crippen LogP contribution in [0.1, 0.15) is 31.4 Å². The van der Waals surface area contributed by atoms with Crippen LogP contribution in [0.3, 0.4) is 0 Å². The highest BCUT2D eigenvalue weighted by Crippen LogP contribution is 2.40. The number of alkyl halides is 3. The van der Waals surface area contributed by atoms with Gasteiger partial charge in [0.2, 0.25) is 10.0 Å². The van der Waals surface area contributed by atoms with Gasteiger partial charge in [-0.25, -0.2) is 8.42 Å². The van der Waals surface area contributed by atoms with Gasteiger partial charge in [-0.2, -0.15) is 0 Å². The SMILES string of the molecule is Cc1c(N(Cc2cccc(OC(F)(F)F)c2)S(=O)(=O)CCC(C)(C)O)sc2ccccc12. The molecule has 0 saturated heterocycles. The van der Waals surface area contributed by atoms with E-state index in [1.165, 1.54) is 41.6 Å². The van der Waals surface area contributed by atoms with Crippen molar-refractivity contribution >= 4 is 36.4 Å². The Morgan fingerprint density at radius 1 is 1.09 bits per heavy atom. The van der Waals surface area contributed by atoms with Crippen LogP contribution in [0.4, 0.5) is 18.2 Å². The minimum atomic E-state index is -4.85. The average molecular weight is 488 g/mol. The van der Waals surface area contributed by atoms with Crippen LogP contribution >= 0.6 is 11.3 Å². The third-order valence-corrected chi connectivity index (χ3v) is 7.93. The van der Waals surface area contributed by atoms with E-state index in [1.54, 1.807) is 6.07 Å². The van der Waals surface area contributed by atoms with Crippen molar-refractivity contribution in [3.05, 3.63) is 59.7 Å². The summed E-state index contributed by atoms with van der Waals surface area (Å²) in [4.78, 5) is 0. The van der Waals surface area contributed by atoms with Gasteiger partial charge in [-0.15, -0.1) is 24.5 Å². The van der Waals surface area contributed by atoms with Crippen LogP contribution in [-0.4, -0.2) is 31.2 Å². The molecule has 0 aliphatic heterocycles. The second-order valence-electron chi connectivity index (χ2n) is 8.11. The van der Waals surface area contributed by atoms with Gasteiger partial charge in [-0.05, 0) is 61.9 Å². The highest BCUT2D eigenvalue weighted by molar-refractivity contribution is 7.93. The fourth-order valence-corrected chi connectivity index (χ4v) is 6.47. The van der Waals surface area contributed by atoms with Gasteiger partial charge in [-0.1, -0.05) is 30.3 Å². The zero-order valence-electron chi connectivity index (χ0n) is 17.8. The predicted octanol–water partition coefficient (Wildman–Crippen LogP) is 5.61. The summed E-state index contributed by atoms with van der Waals surface area (Å²) in [6.07, 6.45) is -4.84. The number of rotatable bonds is 8. The largest absolute Gasteiger partial charge is 0.573 e. The van der Waals surface area contributed by atoms with E-state index >= 15 is 0 Å². The first-order chi connectivity index (χ1) is 14.8. The molecule has 0 spiro atoms. The van der Waals surface area contributed by atoms with Crippen molar-refractivity contribution in [3.63, 3.8) is 0 Å². The maximum absolute atomic E-state index is 13.3. The van der Waals surface area contributed by atoms with Gasteiger partial charge in [0.05, 0.1) is 17.9 Å². The zero-order chi connectivity index (χ0) is 23.7. The topological polar surface area (TPSA) is 66.8 Å². The summed E-state index contributed by atoms with van der Waals surface area (Å²) in [7, 11) is -3.90. The summed E-state index contributed by atoms with van der Waals surface area (Å²) in [6.45, 7) is 4.69. The van der Waals surface area contributed by atoms with Gasteiger partial charge in [0.15, 0.2) is 0 Å². The maximum Gasteiger partial charge on any atom is 0.573 e. The van der Waals surface area contributed by atoms with Gasteiger partial charge >= 0.3 is 6.36 Å². The number of thiophene rings is 1. The average Bonchev–Trinajstić information content (AvgIpc) is 3.00. The van der Waals surface area contributed by atoms with E-state index in [2.05, 4.69) is 4.74 Å². The maximum atomic E-state index is 13.3. The summed E-state index contributed by atoms with van der Waals surface area (Å²) in [5, 5.41) is 11.4. The van der Waals surface area contributed by atoms with Gasteiger partial charge in [0.25, 0.3) is 0 Å². The number of hydrogen-bond acceptors (Lipinski definition) is 5. The Labute approximate surface area is 189 Å². The predicted molar refractivity (Wildman–Crippen MR) is 121 cm³/mol. The number of halogens is 3. The molecule has 1 N–H and O–H groups in total. The van der Waals surface area contributed by atoms with Crippen LogP contribution in [-0.2, 0) is 16.6 Å². The van der Waals surface area contributed by atoms with Crippen molar-refractivity contribution in [2.45, 2.75) is 45.7 Å². The number of aryl methyl sites for hydroxylation is 1. The van der Waals surface area contributed by atoms with E-state index in [0.717, 1.165) is 21.7 Å². The fraction of sp³-hybridized carbons (Fsp3) is 0.364. The van der Waals surface area contributed by atoms with Crippen LogP contribution in [0, 0.1) is 6.92 Å². The summed E-state index contributed by atoms with van der Waals surface area (Å²) >= 11 is 1.30. The van der Waals surface area contributed by atoms with Gasteiger partial charge in [-0.3, -0.25) is 4.31 Å². The molecule has 0 amide bonds. The van der Waals surface area contributed by atoms with Gasteiger partial charge < -0.3 is 9.84 Å². The second kappa shape index (κ2) is 8.92. The molecule has 5 nitrogen and oxygen atoms in total. The zero-order valence-corrected chi connectivity index (χ0v) is 19.4. The number of fused-ring (bicyclic) bond motifs is 1. The quantitative estimate of drug-likeness (QED) is 0.449. The molecule has 0 saturated carbocycles. The van der Waals surface area contributed by atoms with Gasteiger partial charge in [0, 0.05) is 4.70 Å². The van der Waals surface area contributed by atoms with Crippen molar-refractivity contribution < 1.29 is 31.4 Å². The van der Waals surface area contributed by atoms with E-state index < -0.39 is 27.7 Å². The molecule has 0 atom stereocenters. The smallest absolute Gasteiger partial charge is 0.406 e. The van der Waals surface area contributed by atoms with Crippen LogP contribution in [0.2, 0.25) is 0 Å². The summed E-state index contributed by atoms with van der Waals surface area (Å²) in [5.41, 5.74) is -0.0791. The van der Waals surface area contributed by atoms with Crippen molar-refractivity contribution in [1.29, 1.82) is 0 Å². The standard InChI is InChI=1S/C22H24F3NO4S2/c1-15-18-9-4-5-10-19(18)31-20(15)26(32(28,29)12-11-21(2,3)27)14-16-7-6-8-17(13-16)30-22(23,24)25/h4-10,13,27H,11-12,14H2,1-3H3. The number of sulfonamides is 1. The molecule has 0 fully saturated rings. The third kappa shape index (κ3) is 6.14. The van der Waals surface area contributed by atoms with E-state index in [9.17, 15) is 26.7 Å². The third-order valence-electron chi connectivity index (χ3n) is 4.81. The molecule has 0 aliphatic carbocycles. The number of aliphatic hydroxyl groups is 1. The number of anilines is 1. The number of hydrogen-bond donors (Lipinski definition) is 1. The van der Waals surface area contributed by atoms with E-state index in [-0.39, 0.29) is 18.7 Å². The van der Waals surface area contributed by atoms with Crippen LogP contribution in [0.25, 0.3) is 10.1 Å². The van der Waals surface area contributed by atoms with Crippen LogP contribution < -0.4 is 9.04 Å². The molecule has 2 aromatic carbocycles. The molecule has 0 bridgehead atoms. The molecule has 1 aromatic heterocycles. The number of ether oxygens (including phenoxy) is 1. The molecule has 0 aliphatic rings. The van der Waals surface area contributed by atoms with Crippen molar-refractivity contribution in [2.24, 2.45) is 0 Å². The molecule has 3 aromatic rings. The lowest BCUT2D eigenvalue weighted by Gasteiger charge is -2.26. The minimum absolute atomic E-state index is 0.00694. The van der Waals surface area contributed by atoms with Crippen molar-refractivity contribution in [1.82, 2.24) is 0 Å². The van der Waals surface area contributed by atoms with E-state index in [1.807, 2.05) is 31.2 Å². The Kier molecular flexibility index (Phi) is 6.78. The molecule has 32 heavy (non-hydrogen) atoms. The molecule has 1 heterocycles. The Morgan fingerprint density at radius 3 is 2.41 bits per heavy atom. The first-order valence-corrected chi connectivity index (χ1v) is 12.2. The first-order valence-electron chi connectivity index (χ1n) is 9.81. The molecule has 0 radical (unpaired) electrons. The molecule has 3 rings (SSSR count). The number of benzene rings is 2. The highest BCUT2D eigenvalue weighted by Gasteiger charge is 2.32. The first kappa shape index (κ1) is 24.3. The molecular weight excluding hydrogens is 463 g/mol. The molecule has 174 valence electrons. The lowest BCUT2D eigenvalue weighted by Crippen LogP contribution is -2.35. The van der Waals surface area contributed by atoms with Gasteiger partial charge in [0.1, 0.15) is 10.8 Å². The summed E-state index contributed by atoms with van der Waals surface area (Å²) < 4.78 is 70.6. The lowest BCUT2D eigenvalue weighted by molar-refractivity contribution is -0.274. The Morgan fingerprint density at radius 2 is 1.78 bits per heavy atom. The van der Waals surface area contributed by atoms with Crippen molar-refractivity contribution in [2.75, 3.05) is 10.1 Å². The fourth-order valence-electron chi connectivity index (χ4n) is 3.19. The summed E-state index contributed by atoms with van der Waals surface area (Å²) in [6, 6.07) is 12.8. The molecule has 0 unspecified atom stereocenters. The second-order valence-corrected chi connectivity index (χ2v) is 11.2. The monoisotopic (exact) mass is 487 g/mol.